The zero-order chi connectivity index (χ0) is 14.8. The van der Waals surface area contributed by atoms with Crippen molar-refractivity contribution in [2.75, 3.05) is 20.7 Å². The minimum Gasteiger partial charge on any atom is -0.492 e. The van der Waals surface area contributed by atoms with Crippen LogP contribution in [0.25, 0.3) is 0 Å². The molecule has 0 radical (unpaired) electrons. The Morgan fingerprint density at radius 1 is 1.30 bits per heavy atom. The zero-order valence-corrected chi connectivity index (χ0v) is 12.6. The van der Waals surface area contributed by atoms with Crippen molar-refractivity contribution in [3.63, 3.8) is 0 Å². The maximum Gasteiger partial charge on any atom is 0.139 e. The molecule has 0 aliphatic heterocycles. The minimum atomic E-state index is 0.501. The van der Waals surface area contributed by atoms with E-state index in [1.54, 1.807) is 6.34 Å². The molecule has 0 amide bonds. The molecule has 0 saturated heterocycles. The molecule has 0 fully saturated rings. The monoisotopic (exact) mass is 273 g/mol. The van der Waals surface area contributed by atoms with Crippen LogP contribution in [0.4, 0.5) is 5.69 Å². The Bertz CT molecular complexity index is 475. The van der Waals surface area contributed by atoms with Crippen LogP contribution in [0.5, 0.6) is 5.75 Å². The fourth-order valence-electron chi connectivity index (χ4n) is 1.75. The summed E-state index contributed by atoms with van der Waals surface area (Å²) in [6, 6.07) is 7.70. The maximum absolute atomic E-state index is 9.29. The van der Waals surface area contributed by atoms with E-state index >= 15 is 0 Å². The van der Waals surface area contributed by atoms with E-state index in [2.05, 4.69) is 18.0 Å². The highest BCUT2D eigenvalue weighted by atomic mass is 16.5. The lowest BCUT2D eigenvalue weighted by atomic mass is 10.1. The van der Waals surface area contributed by atoms with Crippen molar-refractivity contribution >= 4 is 12.0 Å². The van der Waals surface area contributed by atoms with Crippen LogP contribution >= 0.6 is 0 Å². The van der Waals surface area contributed by atoms with Gasteiger partial charge in [0.05, 0.1) is 18.6 Å². The highest BCUT2D eigenvalue weighted by Gasteiger charge is 2.08. The Balaban J connectivity index is 2.71. The van der Waals surface area contributed by atoms with Gasteiger partial charge in [-0.3, -0.25) is 0 Å². The molecule has 0 saturated carbocycles. The number of hydrogen-bond acceptors (Lipinski definition) is 3. The van der Waals surface area contributed by atoms with E-state index in [1.165, 1.54) is 12.8 Å². The number of benzene rings is 1. The molecule has 108 valence electrons. The second kappa shape index (κ2) is 8.98. The fraction of sp³-hybridized carbons (Fsp3) is 0.500. The average molecular weight is 273 g/mol. The normalized spacial score (nSPS) is 10.5. The Labute approximate surface area is 121 Å². The summed E-state index contributed by atoms with van der Waals surface area (Å²) in [6.07, 6.45) is 6.29. The summed E-state index contributed by atoms with van der Waals surface area (Å²) in [5.74, 6) is 0.623. The number of nitriles is 1. The van der Waals surface area contributed by atoms with Crippen molar-refractivity contribution in [3.8, 4) is 11.8 Å². The van der Waals surface area contributed by atoms with Gasteiger partial charge in [-0.15, -0.1) is 0 Å². The lowest BCUT2D eigenvalue weighted by Gasteiger charge is -2.09. The van der Waals surface area contributed by atoms with E-state index in [0.29, 0.717) is 23.6 Å². The van der Waals surface area contributed by atoms with Crippen molar-refractivity contribution < 1.29 is 4.74 Å². The highest BCUT2D eigenvalue weighted by molar-refractivity contribution is 5.67. The van der Waals surface area contributed by atoms with E-state index in [0.717, 1.165) is 12.8 Å². The van der Waals surface area contributed by atoms with Crippen LogP contribution in [0.2, 0.25) is 0 Å². The molecule has 1 aromatic carbocycles. The highest BCUT2D eigenvalue weighted by Crippen LogP contribution is 2.27. The molecule has 0 aliphatic rings. The van der Waals surface area contributed by atoms with Crippen LogP contribution < -0.4 is 4.74 Å². The van der Waals surface area contributed by atoms with Gasteiger partial charge in [0.2, 0.25) is 0 Å². The summed E-state index contributed by atoms with van der Waals surface area (Å²) < 4.78 is 5.71. The number of rotatable bonds is 8. The topological polar surface area (TPSA) is 48.6 Å². The van der Waals surface area contributed by atoms with E-state index in [4.69, 9.17) is 4.74 Å². The fourth-order valence-corrected chi connectivity index (χ4v) is 1.75. The second-order valence-corrected chi connectivity index (χ2v) is 4.88. The third-order valence-electron chi connectivity index (χ3n) is 2.80. The van der Waals surface area contributed by atoms with E-state index < -0.39 is 0 Å². The molecule has 0 spiro atoms. The smallest absolute Gasteiger partial charge is 0.139 e. The van der Waals surface area contributed by atoms with Crippen LogP contribution in [-0.4, -0.2) is 31.9 Å². The molecule has 0 heterocycles. The van der Waals surface area contributed by atoms with Gasteiger partial charge >= 0.3 is 0 Å². The van der Waals surface area contributed by atoms with Gasteiger partial charge in [0, 0.05) is 14.1 Å². The lowest BCUT2D eigenvalue weighted by Crippen LogP contribution is -2.07. The van der Waals surface area contributed by atoms with Gasteiger partial charge < -0.3 is 9.64 Å². The summed E-state index contributed by atoms with van der Waals surface area (Å²) in [5, 5.41) is 9.29. The first-order chi connectivity index (χ1) is 9.69. The number of unbranched alkanes of at least 4 members (excludes halogenated alkanes) is 3. The Morgan fingerprint density at radius 3 is 2.75 bits per heavy atom. The molecule has 4 nitrogen and oxygen atoms in total. The first-order valence-corrected chi connectivity index (χ1v) is 7.05. The standard InChI is InChI=1S/C16H23N3O/c1-4-5-6-7-11-20-16-10-8-9-15(14(16)12-17)18-13-19(2)3/h8-10,13H,4-7,11H2,1-3H3. The van der Waals surface area contributed by atoms with Gasteiger partial charge in [-0.2, -0.15) is 5.26 Å². The Morgan fingerprint density at radius 2 is 2.10 bits per heavy atom. The van der Waals surface area contributed by atoms with Crippen LogP contribution in [-0.2, 0) is 0 Å². The number of ether oxygens (including phenoxy) is 1. The third-order valence-corrected chi connectivity index (χ3v) is 2.80. The predicted molar refractivity (Wildman–Crippen MR) is 82.6 cm³/mol. The van der Waals surface area contributed by atoms with Gasteiger partial charge in [-0.05, 0) is 18.6 Å². The molecular weight excluding hydrogens is 250 g/mol. The van der Waals surface area contributed by atoms with E-state index in [1.807, 2.05) is 37.2 Å². The summed E-state index contributed by atoms with van der Waals surface area (Å²) in [7, 11) is 3.78. The maximum atomic E-state index is 9.29. The largest absolute Gasteiger partial charge is 0.492 e. The molecule has 0 atom stereocenters. The minimum absolute atomic E-state index is 0.501. The molecule has 4 heteroatoms. The van der Waals surface area contributed by atoms with E-state index in [-0.39, 0.29) is 0 Å². The number of nitrogens with zero attached hydrogens (tertiary/aromatic N) is 3. The molecule has 1 rings (SSSR count). The van der Waals surface area contributed by atoms with Gasteiger partial charge in [-0.25, -0.2) is 4.99 Å². The SMILES string of the molecule is CCCCCCOc1cccc(N=CN(C)C)c1C#N. The predicted octanol–water partition coefficient (Wildman–Crippen LogP) is 3.74. The summed E-state index contributed by atoms with van der Waals surface area (Å²) in [5.41, 5.74) is 1.15. The van der Waals surface area contributed by atoms with Gasteiger partial charge in [0.1, 0.15) is 17.4 Å². The molecular formula is C16H23N3O. The Hall–Kier alpha value is -2.02. The molecule has 0 aliphatic carbocycles. The molecule has 0 aromatic heterocycles. The van der Waals surface area contributed by atoms with Crippen molar-refractivity contribution in [1.29, 1.82) is 5.26 Å². The van der Waals surface area contributed by atoms with Gasteiger partial charge in [0.25, 0.3) is 0 Å². The first-order valence-electron chi connectivity index (χ1n) is 7.05. The van der Waals surface area contributed by atoms with Gasteiger partial charge in [0.15, 0.2) is 0 Å². The third kappa shape index (κ3) is 5.31. The molecule has 1 aromatic rings. The number of hydrogen-bond donors (Lipinski definition) is 0. The zero-order valence-electron chi connectivity index (χ0n) is 12.6. The van der Waals surface area contributed by atoms with Crippen molar-refractivity contribution in [1.82, 2.24) is 4.90 Å². The summed E-state index contributed by atoms with van der Waals surface area (Å²) in [4.78, 5) is 6.13. The molecule has 0 unspecified atom stereocenters. The van der Waals surface area contributed by atoms with Crippen LogP contribution in [0.15, 0.2) is 23.2 Å². The average Bonchev–Trinajstić information content (AvgIpc) is 2.44. The van der Waals surface area contributed by atoms with Crippen molar-refractivity contribution in [2.45, 2.75) is 32.6 Å². The first kappa shape index (κ1) is 16.0. The summed E-state index contributed by atoms with van der Waals surface area (Å²) in [6.45, 7) is 2.83. The van der Waals surface area contributed by atoms with E-state index in [9.17, 15) is 5.26 Å². The molecule has 20 heavy (non-hydrogen) atoms. The second-order valence-electron chi connectivity index (χ2n) is 4.88. The van der Waals surface area contributed by atoms with Crippen molar-refractivity contribution in [2.24, 2.45) is 4.99 Å². The van der Waals surface area contributed by atoms with Crippen LogP contribution in [0.1, 0.15) is 38.2 Å². The van der Waals surface area contributed by atoms with Crippen LogP contribution in [0, 0.1) is 11.3 Å². The quantitative estimate of drug-likeness (QED) is 0.412. The molecule has 0 N–H and O–H groups in total. The number of aliphatic imine (C=N–C) groups is 1. The van der Waals surface area contributed by atoms with Crippen molar-refractivity contribution in [3.05, 3.63) is 23.8 Å². The summed E-state index contributed by atoms with van der Waals surface area (Å²) >= 11 is 0. The molecule has 0 bridgehead atoms. The Kier molecular flexibility index (Phi) is 7.20. The van der Waals surface area contributed by atoms with Gasteiger partial charge in [-0.1, -0.05) is 32.3 Å². The van der Waals surface area contributed by atoms with Crippen LogP contribution in [0.3, 0.4) is 0 Å². The lowest BCUT2D eigenvalue weighted by molar-refractivity contribution is 0.304.